The molecule has 8 heteroatoms. The van der Waals surface area contributed by atoms with Crippen LogP contribution in [0.3, 0.4) is 0 Å². The van der Waals surface area contributed by atoms with Gasteiger partial charge < -0.3 is 20.5 Å². The summed E-state index contributed by atoms with van der Waals surface area (Å²) in [6, 6.07) is 10.2. The molecule has 1 aromatic heterocycles. The Labute approximate surface area is 190 Å². The van der Waals surface area contributed by atoms with Crippen molar-refractivity contribution in [2.24, 2.45) is 10.9 Å². The van der Waals surface area contributed by atoms with Crippen LogP contribution in [0.4, 0.5) is 0 Å². The molecule has 1 aliphatic carbocycles. The summed E-state index contributed by atoms with van der Waals surface area (Å²) in [6.07, 6.45) is 5.71. The molecule has 1 heterocycles. The fourth-order valence-corrected chi connectivity index (χ4v) is 2.87. The molecule has 0 saturated heterocycles. The molecule has 160 valence electrons. The molecule has 1 unspecified atom stereocenters. The number of aliphatic hydroxyl groups excluding tert-OH is 1. The van der Waals surface area contributed by atoms with Crippen LogP contribution in [0.1, 0.15) is 30.9 Å². The van der Waals surface area contributed by atoms with Gasteiger partial charge in [0.15, 0.2) is 5.96 Å². The molecule has 3 rings (SSSR count). The summed E-state index contributed by atoms with van der Waals surface area (Å²) in [7, 11) is 0. The van der Waals surface area contributed by atoms with E-state index >= 15 is 0 Å². The molecule has 7 nitrogen and oxygen atoms in total. The van der Waals surface area contributed by atoms with Crippen LogP contribution in [-0.2, 0) is 17.8 Å². The van der Waals surface area contributed by atoms with Crippen molar-refractivity contribution < 1.29 is 9.84 Å². The lowest BCUT2D eigenvalue weighted by Gasteiger charge is -2.16. The van der Waals surface area contributed by atoms with Gasteiger partial charge in [0.25, 0.3) is 0 Å². The first-order valence-corrected chi connectivity index (χ1v) is 10.1. The highest BCUT2D eigenvalue weighted by molar-refractivity contribution is 14.0. The third-order valence-corrected chi connectivity index (χ3v) is 4.63. The molecular weight excluding hydrogens is 481 g/mol. The lowest BCUT2D eigenvalue weighted by molar-refractivity contribution is 0.0345. The molecule has 3 N–H and O–H groups in total. The molecule has 0 aliphatic heterocycles. The van der Waals surface area contributed by atoms with Crippen molar-refractivity contribution in [1.82, 2.24) is 20.4 Å². The van der Waals surface area contributed by atoms with Crippen LogP contribution in [0.25, 0.3) is 0 Å². The zero-order chi connectivity index (χ0) is 19.6. The Morgan fingerprint density at radius 3 is 2.76 bits per heavy atom. The molecule has 0 amide bonds. The van der Waals surface area contributed by atoms with Crippen molar-refractivity contribution in [2.45, 2.75) is 39.0 Å². The lowest BCUT2D eigenvalue weighted by atomic mass is 10.1. The van der Waals surface area contributed by atoms with Gasteiger partial charge in [0.05, 0.1) is 25.8 Å². The average molecular weight is 513 g/mol. The first-order valence-electron chi connectivity index (χ1n) is 10.1. The predicted octanol–water partition coefficient (Wildman–Crippen LogP) is 2.39. The summed E-state index contributed by atoms with van der Waals surface area (Å²) in [5.74, 6) is 1.40. The van der Waals surface area contributed by atoms with Gasteiger partial charge in [0.2, 0.25) is 0 Å². The van der Waals surface area contributed by atoms with Crippen LogP contribution in [0, 0.1) is 5.92 Å². The van der Waals surface area contributed by atoms with Crippen molar-refractivity contribution in [3.05, 3.63) is 53.9 Å². The maximum Gasteiger partial charge on any atom is 0.191 e. The summed E-state index contributed by atoms with van der Waals surface area (Å²) >= 11 is 0. The quantitative estimate of drug-likeness (QED) is 0.244. The second kappa shape index (κ2) is 12.8. The van der Waals surface area contributed by atoms with Crippen LogP contribution in [-0.4, -0.2) is 53.3 Å². The topological polar surface area (TPSA) is 83.7 Å². The normalized spacial score (nSPS) is 14.9. The molecule has 0 bridgehead atoms. The number of hydrogen-bond donors (Lipinski definition) is 3. The van der Waals surface area contributed by atoms with Crippen molar-refractivity contribution in [1.29, 1.82) is 0 Å². The Morgan fingerprint density at radius 1 is 1.28 bits per heavy atom. The number of nitrogens with one attached hydrogen (secondary N) is 2. The number of benzene rings is 1. The van der Waals surface area contributed by atoms with E-state index in [9.17, 15) is 5.11 Å². The number of rotatable bonds is 11. The van der Waals surface area contributed by atoms with Gasteiger partial charge in [-0.15, -0.1) is 24.0 Å². The van der Waals surface area contributed by atoms with Crippen molar-refractivity contribution in [3.63, 3.8) is 0 Å². The highest BCUT2D eigenvalue weighted by atomic mass is 127. The number of guanidine groups is 1. The number of aliphatic hydroxyl groups is 1. The molecule has 1 saturated carbocycles. The highest BCUT2D eigenvalue weighted by Gasteiger charge is 2.21. The van der Waals surface area contributed by atoms with Crippen molar-refractivity contribution in [2.75, 3.05) is 26.3 Å². The van der Waals surface area contributed by atoms with Gasteiger partial charge in [0.1, 0.15) is 0 Å². The summed E-state index contributed by atoms with van der Waals surface area (Å²) in [6.45, 7) is 5.59. The number of halogens is 1. The summed E-state index contributed by atoms with van der Waals surface area (Å²) < 4.78 is 7.45. The second-order valence-corrected chi connectivity index (χ2v) is 7.18. The van der Waals surface area contributed by atoms with Crippen molar-refractivity contribution >= 4 is 29.9 Å². The zero-order valence-electron chi connectivity index (χ0n) is 17.0. The number of aromatic nitrogens is 2. The number of aliphatic imine (C=N–C) groups is 1. The first-order chi connectivity index (χ1) is 13.7. The number of hydrogen-bond acceptors (Lipinski definition) is 4. The maximum atomic E-state index is 10.1. The van der Waals surface area contributed by atoms with E-state index in [1.54, 1.807) is 6.20 Å². The summed E-state index contributed by atoms with van der Waals surface area (Å²) in [4.78, 5) is 4.68. The maximum absolute atomic E-state index is 10.1. The Kier molecular flexibility index (Phi) is 10.4. The molecule has 0 spiro atoms. The third kappa shape index (κ3) is 8.71. The second-order valence-electron chi connectivity index (χ2n) is 7.18. The Morgan fingerprint density at radius 2 is 2.07 bits per heavy atom. The van der Waals surface area contributed by atoms with Gasteiger partial charge in [-0.2, -0.15) is 5.10 Å². The van der Waals surface area contributed by atoms with E-state index in [-0.39, 0.29) is 24.0 Å². The van der Waals surface area contributed by atoms with E-state index < -0.39 is 6.10 Å². The van der Waals surface area contributed by atoms with E-state index in [0.29, 0.717) is 31.6 Å². The van der Waals surface area contributed by atoms with Gasteiger partial charge in [0, 0.05) is 32.1 Å². The third-order valence-electron chi connectivity index (χ3n) is 4.63. The summed E-state index contributed by atoms with van der Waals surface area (Å²) in [5.41, 5.74) is 2.35. The fraction of sp³-hybridized carbons (Fsp3) is 0.524. The molecule has 2 aromatic rings. The Bertz CT molecular complexity index is 734. The molecular formula is C21H32IN5O2. The van der Waals surface area contributed by atoms with E-state index in [0.717, 1.165) is 25.3 Å². The van der Waals surface area contributed by atoms with Gasteiger partial charge in [-0.05, 0) is 42.9 Å². The van der Waals surface area contributed by atoms with Gasteiger partial charge in [-0.1, -0.05) is 24.3 Å². The average Bonchev–Trinajstić information content (AvgIpc) is 3.38. The van der Waals surface area contributed by atoms with Crippen molar-refractivity contribution in [3.8, 4) is 0 Å². The standard InChI is InChI=1S/C21H31N5O2.HI/c1-2-22-21(24-13-20(27)16-28-15-17-8-9-17)23-12-18-6-3-4-7-19(18)14-26-11-5-10-25-26;/h3-7,10-11,17,20,27H,2,8-9,12-16H2,1H3,(H2,22,23,24);1H. The Balaban J connectivity index is 0.00000300. The SMILES string of the molecule is CCNC(=NCc1ccccc1Cn1cccn1)NCC(O)COCC1CC1.I. The largest absolute Gasteiger partial charge is 0.389 e. The fourth-order valence-electron chi connectivity index (χ4n) is 2.87. The van der Waals surface area contributed by atoms with Crippen LogP contribution in [0.15, 0.2) is 47.7 Å². The minimum atomic E-state index is -0.547. The minimum absolute atomic E-state index is 0. The molecule has 1 aliphatic rings. The lowest BCUT2D eigenvalue weighted by Crippen LogP contribution is -2.42. The van der Waals surface area contributed by atoms with Crippen LogP contribution in [0.2, 0.25) is 0 Å². The predicted molar refractivity (Wildman–Crippen MR) is 126 cm³/mol. The molecule has 0 radical (unpaired) electrons. The highest BCUT2D eigenvalue weighted by Crippen LogP contribution is 2.28. The number of nitrogens with zero attached hydrogens (tertiary/aromatic N) is 3. The van der Waals surface area contributed by atoms with E-state index in [1.165, 1.54) is 18.4 Å². The molecule has 29 heavy (non-hydrogen) atoms. The first kappa shape index (κ1) is 23.6. The molecule has 1 fully saturated rings. The zero-order valence-corrected chi connectivity index (χ0v) is 19.3. The van der Waals surface area contributed by atoms with Gasteiger partial charge in [-0.3, -0.25) is 4.68 Å². The van der Waals surface area contributed by atoms with Gasteiger partial charge in [-0.25, -0.2) is 4.99 Å². The Hall–Kier alpha value is -1.65. The van der Waals surface area contributed by atoms with Crippen LogP contribution < -0.4 is 10.6 Å². The van der Waals surface area contributed by atoms with E-state index in [4.69, 9.17) is 4.74 Å². The van der Waals surface area contributed by atoms with Gasteiger partial charge >= 0.3 is 0 Å². The monoisotopic (exact) mass is 513 g/mol. The van der Waals surface area contributed by atoms with E-state index in [1.807, 2.05) is 36.0 Å². The molecule has 1 aromatic carbocycles. The number of ether oxygens (including phenoxy) is 1. The van der Waals surface area contributed by atoms with Crippen LogP contribution >= 0.6 is 24.0 Å². The minimum Gasteiger partial charge on any atom is -0.389 e. The van der Waals surface area contributed by atoms with E-state index in [2.05, 4.69) is 32.9 Å². The van der Waals surface area contributed by atoms with Crippen LogP contribution in [0.5, 0.6) is 0 Å². The molecule has 1 atom stereocenters. The summed E-state index contributed by atoms with van der Waals surface area (Å²) in [5, 5.41) is 20.8. The smallest absolute Gasteiger partial charge is 0.191 e.